The standard InChI is InChI=1S/C14H20BrClO2/c1-14(2,3)18-9-8-17-13(10-15)11-4-6-12(16)7-5-11/h4-7,13H,8-10H2,1-3H3. The highest BCUT2D eigenvalue weighted by molar-refractivity contribution is 9.09. The summed E-state index contributed by atoms with van der Waals surface area (Å²) < 4.78 is 11.4. The zero-order valence-corrected chi connectivity index (χ0v) is 13.4. The fourth-order valence-corrected chi connectivity index (χ4v) is 2.13. The van der Waals surface area contributed by atoms with Crippen LogP contribution in [0.1, 0.15) is 32.4 Å². The van der Waals surface area contributed by atoms with Crippen LogP contribution < -0.4 is 0 Å². The number of hydrogen-bond donors (Lipinski definition) is 0. The zero-order valence-electron chi connectivity index (χ0n) is 11.1. The van der Waals surface area contributed by atoms with Crippen molar-refractivity contribution in [3.8, 4) is 0 Å². The molecule has 1 aromatic carbocycles. The van der Waals surface area contributed by atoms with E-state index in [-0.39, 0.29) is 11.7 Å². The molecular formula is C14H20BrClO2. The summed E-state index contributed by atoms with van der Waals surface area (Å²) in [5.41, 5.74) is 1.00. The Bertz CT molecular complexity index is 346. The normalized spacial score (nSPS) is 13.6. The van der Waals surface area contributed by atoms with E-state index in [9.17, 15) is 0 Å². The minimum atomic E-state index is -0.118. The molecule has 0 saturated heterocycles. The number of alkyl halides is 1. The van der Waals surface area contributed by atoms with Gasteiger partial charge < -0.3 is 9.47 Å². The lowest BCUT2D eigenvalue weighted by Crippen LogP contribution is -2.22. The predicted molar refractivity (Wildman–Crippen MR) is 79.6 cm³/mol. The highest BCUT2D eigenvalue weighted by atomic mass is 79.9. The van der Waals surface area contributed by atoms with Crippen molar-refractivity contribution in [1.29, 1.82) is 0 Å². The Morgan fingerprint density at radius 2 is 1.78 bits per heavy atom. The minimum absolute atomic E-state index is 0.0332. The largest absolute Gasteiger partial charge is 0.373 e. The molecule has 2 nitrogen and oxygen atoms in total. The third-order valence-electron chi connectivity index (χ3n) is 2.32. The summed E-state index contributed by atoms with van der Waals surface area (Å²) in [5.74, 6) is 0. The van der Waals surface area contributed by atoms with Crippen LogP contribution in [0.2, 0.25) is 5.02 Å². The average molecular weight is 336 g/mol. The number of hydrogen-bond acceptors (Lipinski definition) is 2. The van der Waals surface area contributed by atoms with Crippen molar-refractivity contribution in [3.63, 3.8) is 0 Å². The smallest absolute Gasteiger partial charge is 0.0922 e. The molecule has 1 aromatic rings. The first-order chi connectivity index (χ1) is 8.42. The molecule has 0 N–H and O–H groups in total. The van der Waals surface area contributed by atoms with Crippen LogP contribution in [0.15, 0.2) is 24.3 Å². The van der Waals surface area contributed by atoms with Gasteiger partial charge in [0.05, 0.1) is 24.9 Å². The predicted octanol–water partition coefficient (Wildman–Crippen LogP) is 4.61. The van der Waals surface area contributed by atoms with Crippen LogP contribution >= 0.6 is 27.5 Å². The fourth-order valence-electron chi connectivity index (χ4n) is 1.45. The van der Waals surface area contributed by atoms with Gasteiger partial charge in [0.15, 0.2) is 0 Å². The molecule has 0 saturated carbocycles. The van der Waals surface area contributed by atoms with E-state index in [2.05, 4.69) is 15.9 Å². The molecule has 0 fully saturated rings. The third kappa shape index (κ3) is 6.19. The lowest BCUT2D eigenvalue weighted by molar-refractivity contribution is -0.0480. The molecule has 0 aromatic heterocycles. The lowest BCUT2D eigenvalue weighted by Gasteiger charge is -2.21. The van der Waals surface area contributed by atoms with Crippen LogP contribution in [0.25, 0.3) is 0 Å². The summed E-state index contributed by atoms with van der Waals surface area (Å²) >= 11 is 9.33. The van der Waals surface area contributed by atoms with Crippen molar-refractivity contribution in [2.45, 2.75) is 32.5 Å². The van der Waals surface area contributed by atoms with Crippen LogP contribution in [-0.4, -0.2) is 24.1 Å². The molecule has 1 atom stereocenters. The topological polar surface area (TPSA) is 18.5 Å². The average Bonchev–Trinajstić information content (AvgIpc) is 2.29. The second kappa shape index (κ2) is 7.49. The molecule has 0 spiro atoms. The SMILES string of the molecule is CC(C)(C)OCCOC(CBr)c1ccc(Cl)cc1. The minimum Gasteiger partial charge on any atom is -0.373 e. The molecule has 1 unspecified atom stereocenters. The summed E-state index contributed by atoms with van der Waals surface area (Å²) in [4.78, 5) is 0. The van der Waals surface area contributed by atoms with Gasteiger partial charge in [0.1, 0.15) is 0 Å². The molecule has 0 aliphatic carbocycles. The summed E-state index contributed by atoms with van der Waals surface area (Å²) in [7, 11) is 0. The Morgan fingerprint density at radius 3 is 2.28 bits per heavy atom. The maximum Gasteiger partial charge on any atom is 0.0922 e. The molecule has 0 aliphatic heterocycles. The van der Waals surface area contributed by atoms with E-state index in [1.54, 1.807) is 0 Å². The van der Waals surface area contributed by atoms with Crippen LogP contribution in [0, 0.1) is 0 Å². The van der Waals surface area contributed by atoms with Crippen LogP contribution in [0.3, 0.4) is 0 Å². The number of rotatable bonds is 6. The highest BCUT2D eigenvalue weighted by Crippen LogP contribution is 2.21. The molecule has 1 rings (SSSR count). The number of halogens is 2. The van der Waals surface area contributed by atoms with Crippen molar-refractivity contribution >= 4 is 27.5 Å². The first-order valence-corrected chi connectivity index (χ1v) is 7.49. The Hall–Kier alpha value is -0.0900. The van der Waals surface area contributed by atoms with E-state index in [0.717, 1.165) is 15.9 Å². The number of ether oxygens (including phenoxy) is 2. The van der Waals surface area contributed by atoms with E-state index in [4.69, 9.17) is 21.1 Å². The monoisotopic (exact) mass is 334 g/mol. The van der Waals surface area contributed by atoms with Crippen molar-refractivity contribution in [3.05, 3.63) is 34.9 Å². The van der Waals surface area contributed by atoms with Gasteiger partial charge in [-0.25, -0.2) is 0 Å². The molecular weight excluding hydrogens is 316 g/mol. The summed E-state index contributed by atoms with van der Waals surface area (Å²) in [6.07, 6.45) is 0.0332. The molecule has 0 amide bonds. The van der Waals surface area contributed by atoms with Gasteiger partial charge in [0.25, 0.3) is 0 Å². The van der Waals surface area contributed by atoms with Crippen LogP contribution in [0.4, 0.5) is 0 Å². The fraction of sp³-hybridized carbons (Fsp3) is 0.571. The molecule has 0 radical (unpaired) electrons. The Balaban J connectivity index is 2.40. The van der Waals surface area contributed by atoms with Crippen molar-refractivity contribution in [1.82, 2.24) is 0 Å². The zero-order chi connectivity index (χ0) is 13.6. The number of benzene rings is 1. The van der Waals surface area contributed by atoms with Crippen molar-refractivity contribution in [2.75, 3.05) is 18.5 Å². The van der Waals surface area contributed by atoms with Crippen molar-refractivity contribution < 1.29 is 9.47 Å². The Kier molecular flexibility index (Phi) is 6.64. The third-order valence-corrected chi connectivity index (χ3v) is 3.16. The van der Waals surface area contributed by atoms with E-state index in [0.29, 0.717) is 13.2 Å². The Morgan fingerprint density at radius 1 is 1.17 bits per heavy atom. The summed E-state index contributed by atoms with van der Waals surface area (Å²) in [6, 6.07) is 7.72. The second-order valence-corrected chi connectivity index (χ2v) is 6.11. The van der Waals surface area contributed by atoms with Gasteiger partial charge in [-0.2, -0.15) is 0 Å². The van der Waals surface area contributed by atoms with E-state index in [1.165, 1.54) is 0 Å². The molecule has 4 heteroatoms. The molecule has 18 heavy (non-hydrogen) atoms. The van der Waals surface area contributed by atoms with Gasteiger partial charge in [-0.15, -0.1) is 0 Å². The van der Waals surface area contributed by atoms with Crippen LogP contribution in [0.5, 0.6) is 0 Å². The maximum atomic E-state index is 5.86. The lowest BCUT2D eigenvalue weighted by atomic mass is 10.1. The molecule has 0 bridgehead atoms. The summed E-state index contributed by atoms with van der Waals surface area (Å²) in [5, 5.41) is 1.49. The molecule has 0 heterocycles. The van der Waals surface area contributed by atoms with E-state index < -0.39 is 0 Å². The molecule has 0 aliphatic rings. The first kappa shape index (κ1) is 16.0. The van der Waals surface area contributed by atoms with E-state index in [1.807, 2.05) is 45.0 Å². The van der Waals surface area contributed by atoms with Crippen molar-refractivity contribution in [2.24, 2.45) is 0 Å². The highest BCUT2D eigenvalue weighted by Gasteiger charge is 2.12. The second-order valence-electron chi connectivity index (χ2n) is 5.03. The van der Waals surface area contributed by atoms with Gasteiger partial charge in [-0.1, -0.05) is 39.7 Å². The van der Waals surface area contributed by atoms with Gasteiger partial charge >= 0.3 is 0 Å². The van der Waals surface area contributed by atoms with Gasteiger partial charge in [0.2, 0.25) is 0 Å². The molecule has 102 valence electrons. The van der Waals surface area contributed by atoms with E-state index >= 15 is 0 Å². The van der Waals surface area contributed by atoms with Crippen LogP contribution in [-0.2, 0) is 9.47 Å². The quantitative estimate of drug-likeness (QED) is 0.558. The Labute approximate surface area is 123 Å². The first-order valence-electron chi connectivity index (χ1n) is 5.99. The van der Waals surface area contributed by atoms with Gasteiger partial charge in [0, 0.05) is 10.4 Å². The van der Waals surface area contributed by atoms with Gasteiger partial charge in [-0.3, -0.25) is 0 Å². The maximum absolute atomic E-state index is 5.86. The summed E-state index contributed by atoms with van der Waals surface area (Å²) in [6.45, 7) is 7.28. The van der Waals surface area contributed by atoms with Gasteiger partial charge in [-0.05, 0) is 38.5 Å².